The molecule has 55 heavy (non-hydrogen) atoms. The van der Waals surface area contributed by atoms with Gasteiger partial charge in [-0.1, -0.05) is 0 Å². The van der Waals surface area contributed by atoms with Gasteiger partial charge in [0, 0.05) is 34.6 Å². The smallest absolute Gasteiger partial charge is 0.462 e. The number of carbonyl (C=O) groups excluding carboxylic acids is 5. The van der Waals surface area contributed by atoms with E-state index in [0.717, 1.165) is 51.8 Å². The molecular weight excluding hydrogens is 795 g/mol. The number of anilines is 1. The predicted molar refractivity (Wildman–Crippen MR) is 170 cm³/mol. The molecule has 5 N–H and O–H groups in total. The van der Waals surface area contributed by atoms with Gasteiger partial charge in [0.15, 0.2) is 48.3 Å². The molecule has 2 aliphatic heterocycles. The summed E-state index contributed by atoms with van der Waals surface area (Å²) in [6, 6.07) is 0. The minimum absolute atomic E-state index is 0.0346. The number of nitrogen functional groups attached to an aromatic ring is 1. The van der Waals surface area contributed by atoms with Crippen LogP contribution < -0.4 is 5.73 Å². The second-order valence-electron chi connectivity index (χ2n) is 11.6. The highest BCUT2D eigenvalue weighted by atomic mass is 31.3. The molecular formula is C27H36FN5O20P2. The normalized spacial score (nSPS) is 29.3. The number of fused-ring (bicyclic) bond motifs is 1. The quantitative estimate of drug-likeness (QED) is 0.0976. The lowest BCUT2D eigenvalue weighted by Crippen LogP contribution is -2.65. The first-order valence-corrected chi connectivity index (χ1v) is 18.7. The van der Waals surface area contributed by atoms with Gasteiger partial charge in [0.05, 0.1) is 12.9 Å². The molecule has 2 saturated heterocycles. The molecule has 0 saturated carbocycles. The van der Waals surface area contributed by atoms with E-state index in [1.54, 1.807) is 0 Å². The number of esters is 5. The summed E-state index contributed by atoms with van der Waals surface area (Å²) in [4.78, 5) is 92.7. The van der Waals surface area contributed by atoms with Crippen LogP contribution in [0.25, 0.3) is 11.2 Å². The van der Waals surface area contributed by atoms with Crippen molar-refractivity contribution >= 4 is 62.5 Å². The average Bonchev–Trinajstić information content (AvgIpc) is 3.60. The van der Waals surface area contributed by atoms with E-state index in [1.807, 2.05) is 0 Å². The lowest BCUT2D eigenvalue weighted by atomic mass is 9.94. The Hall–Kier alpha value is -4.23. The number of nitrogens with zero attached hydrogens (tertiary/aromatic N) is 4. The second kappa shape index (κ2) is 17.7. The van der Waals surface area contributed by atoms with Crippen molar-refractivity contribution in [1.29, 1.82) is 0 Å². The number of nitrogens with two attached hydrogens (primary N) is 1. The molecule has 306 valence electrons. The molecule has 12 atom stereocenters. The zero-order chi connectivity index (χ0) is 41.0. The van der Waals surface area contributed by atoms with Crippen LogP contribution in [0.15, 0.2) is 12.7 Å². The van der Waals surface area contributed by atoms with Gasteiger partial charge in [-0.3, -0.25) is 37.6 Å². The molecule has 0 aromatic carbocycles. The summed E-state index contributed by atoms with van der Waals surface area (Å²) in [6.07, 6.45) is -17.4. The second-order valence-corrected chi connectivity index (χ2v) is 14.6. The minimum atomic E-state index is -5.98. The van der Waals surface area contributed by atoms with Gasteiger partial charge in [-0.05, 0) is 0 Å². The van der Waals surface area contributed by atoms with Crippen molar-refractivity contribution in [1.82, 2.24) is 19.5 Å². The molecule has 2 aromatic rings. The van der Waals surface area contributed by atoms with Gasteiger partial charge in [-0.2, -0.15) is 4.31 Å². The number of phosphoric ester groups is 2. The van der Waals surface area contributed by atoms with Crippen molar-refractivity contribution in [3.8, 4) is 0 Å². The van der Waals surface area contributed by atoms with E-state index >= 15 is 4.39 Å². The number of aromatic nitrogens is 4. The van der Waals surface area contributed by atoms with Crippen LogP contribution in [0.4, 0.5) is 10.2 Å². The summed E-state index contributed by atoms with van der Waals surface area (Å²) in [7, 11) is -11.7. The van der Waals surface area contributed by atoms with Crippen LogP contribution in [-0.4, -0.2) is 133 Å². The molecule has 11 unspecified atom stereocenters. The van der Waals surface area contributed by atoms with Crippen molar-refractivity contribution in [3.05, 3.63) is 12.7 Å². The van der Waals surface area contributed by atoms with Crippen LogP contribution in [0.5, 0.6) is 0 Å². The number of halogens is 1. The Bertz CT molecular complexity index is 1870. The molecule has 0 bridgehead atoms. The van der Waals surface area contributed by atoms with E-state index in [2.05, 4.69) is 23.8 Å². The first-order valence-electron chi connectivity index (χ1n) is 15.7. The van der Waals surface area contributed by atoms with Gasteiger partial charge < -0.3 is 53.8 Å². The van der Waals surface area contributed by atoms with Crippen LogP contribution in [0, 0.1) is 0 Å². The summed E-state index contributed by atoms with van der Waals surface area (Å²) in [6.45, 7) is 2.53. The van der Waals surface area contributed by atoms with E-state index in [-0.39, 0.29) is 17.0 Å². The molecule has 4 rings (SSSR count). The summed E-state index contributed by atoms with van der Waals surface area (Å²) in [5, 5.41) is 10.5. The zero-order valence-electron chi connectivity index (χ0n) is 29.3. The van der Waals surface area contributed by atoms with Crippen LogP contribution in [0.2, 0.25) is 0 Å². The molecule has 4 heterocycles. The number of rotatable bonds is 15. The minimum Gasteiger partial charge on any atom is -0.462 e. The van der Waals surface area contributed by atoms with Gasteiger partial charge in [-0.15, -0.1) is 0 Å². The van der Waals surface area contributed by atoms with Crippen LogP contribution >= 0.6 is 15.6 Å². The Morgan fingerprint density at radius 3 is 2.11 bits per heavy atom. The fourth-order valence-corrected chi connectivity index (χ4v) is 7.55. The Morgan fingerprint density at radius 2 is 1.51 bits per heavy atom. The fourth-order valence-electron chi connectivity index (χ4n) is 5.40. The third-order valence-electron chi connectivity index (χ3n) is 7.37. The lowest BCUT2D eigenvalue weighted by Gasteiger charge is -2.45. The maximum atomic E-state index is 15.1. The Balaban J connectivity index is 1.57. The molecule has 0 amide bonds. The number of carbonyl (C=O) groups is 5. The highest BCUT2D eigenvalue weighted by molar-refractivity contribution is 7.61. The third-order valence-corrected chi connectivity index (χ3v) is 9.97. The maximum Gasteiger partial charge on any atom is 0.483 e. The average molecular weight is 832 g/mol. The standard InChI is InChI=1S/C27H36FN5O20P2/c1-10(34)44-6-16(46-11(2)35)20-21(47-12(3)36)22(48-13(4)37)23(49-14(5)38)27(51-20)52-55(42,43)53-54(40,41)45-7-15-17(28)19(39)26(50-15)33-9-32-18-24(29)30-8-31-25(18)33/h8-9,15-17,19-23,26-27,39H,6-7H2,1-5H3,(H,40,41)(H,42,43)(H2,29,30,31)/t15?,16-,17?,19?,20?,21?,22?,23?,26?,27?/m1/s1. The van der Waals surface area contributed by atoms with Gasteiger partial charge in [0.25, 0.3) is 0 Å². The van der Waals surface area contributed by atoms with Crippen LogP contribution in [-0.2, 0) is 79.6 Å². The number of alkyl halides is 1. The number of aliphatic hydroxyl groups excluding tert-OH is 1. The summed E-state index contributed by atoms with van der Waals surface area (Å²) >= 11 is 0. The van der Waals surface area contributed by atoms with Crippen molar-refractivity contribution in [3.63, 3.8) is 0 Å². The fraction of sp³-hybridized carbons (Fsp3) is 0.630. The first kappa shape index (κ1) is 43.5. The molecule has 25 nitrogen and oxygen atoms in total. The highest BCUT2D eigenvalue weighted by Gasteiger charge is 2.57. The van der Waals surface area contributed by atoms with Crippen LogP contribution in [0.1, 0.15) is 40.8 Å². The summed E-state index contributed by atoms with van der Waals surface area (Å²) in [5.74, 6) is -5.26. The van der Waals surface area contributed by atoms with E-state index in [1.165, 1.54) is 0 Å². The van der Waals surface area contributed by atoms with E-state index in [9.17, 15) is 48.0 Å². The highest BCUT2D eigenvalue weighted by Crippen LogP contribution is 2.62. The number of hydrogen-bond donors (Lipinski definition) is 4. The monoisotopic (exact) mass is 831 g/mol. The van der Waals surface area contributed by atoms with Gasteiger partial charge >= 0.3 is 45.5 Å². The van der Waals surface area contributed by atoms with E-state index in [0.29, 0.717) is 0 Å². The molecule has 2 aromatic heterocycles. The van der Waals surface area contributed by atoms with Crippen molar-refractivity contribution in [2.75, 3.05) is 18.9 Å². The predicted octanol–water partition coefficient (Wildman–Crippen LogP) is -0.730. The first-order chi connectivity index (χ1) is 25.6. The number of ether oxygens (including phenoxy) is 7. The van der Waals surface area contributed by atoms with Gasteiger partial charge in [0.1, 0.15) is 36.8 Å². The molecule has 2 fully saturated rings. The summed E-state index contributed by atoms with van der Waals surface area (Å²) < 4.78 is 93.0. The topological polar surface area (TPSA) is 342 Å². The number of hydrogen-bond acceptors (Lipinski definition) is 22. The number of imidazole rings is 1. The largest absolute Gasteiger partial charge is 0.483 e. The van der Waals surface area contributed by atoms with Crippen molar-refractivity contribution in [2.45, 2.75) is 96.0 Å². The third kappa shape index (κ3) is 11.2. The van der Waals surface area contributed by atoms with Crippen LogP contribution in [0.3, 0.4) is 0 Å². The Morgan fingerprint density at radius 1 is 0.891 bits per heavy atom. The lowest BCUT2D eigenvalue weighted by molar-refractivity contribution is -0.301. The maximum absolute atomic E-state index is 15.1. The van der Waals surface area contributed by atoms with Crippen molar-refractivity contribution < 1.29 is 98.9 Å². The molecule has 0 spiro atoms. The van der Waals surface area contributed by atoms with Crippen molar-refractivity contribution in [2.24, 2.45) is 0 Å². The number of phosphoric acid groups is 2. The van der Waals surface area contributed by atoms with E-state index < -0.39 is 120 Å². The zero-order valence-corrected chi connectivity index (χ0v) is 31.1. The van der Waals surface area contributed by atoms with E-state index in [4.69, 9.17) is 43.4 Å². The SMILES string of the molecule is CC(=O)OC[C@@H](OC(C)=O)C1OC(OP(=O)(O)OP(=O)(O)OCC2OC(n3cnc4c(N)ncnc43)C(O)C2F)C(OC(C)=O)C(OC(C)=O)C1OC(C)=O. The summed E-state index contributed by atoms with van der Waals surface area (Å²) in [5.41, 5.74) is 5.88. The van der Waals surface area contributed by atoms with Gasteiger partial charge in [0.2, 0.25) is 6.29 Å². The Kier molecular flexibility index (Phi) is 14.0. The molecule has 2 aliphatic rings. The molecule has 28 heteroatoms. The Labute approximate surface area is 308 Å². The molecule has 0 aliphatic carbocycles. The van der Waals surface area contributed by atoms with Gasteiger partial charge in [-0.25, -0.2) is 28.5 Å². The number of aliphatic hydroxyl groups is 1. The molecule has 0 radical (unpaired) electrons.